The Labute approximate surface area is 123 Å². The Morgan fingerprint density at radius 2 is 2.05 bits per heavy atom. The van der Waals surface area contributed by atoms with Gasteiger partial charge in [-0.2, -0.15) is 0 Å². The molecule has 2 rings (SSSR count). The van der Waals surface area contributed by atoms with E-state index in [1.807, 2.05) is 0 Å². The summed E-state index contributed by atoms with van der Waals surface area (Å²) in [4.78, 5) is 7.11. The predicted octanol–water partition coefficient (Wildman–Crippen LogP) is 0.0924. The lowest BCUT2D eigenvalue weighted by Crippen LogP contribution is -2.51. The van der Waals surface area contributed by atoms with E-state index in [-0.39, 0.29) is 12.2 Å². The van der Waals surface area contributed by atoms with Gasteiger partial charge in [0.05, 0.1) is 18.8 Å². The Kier molecular flexibility index (Phi) is 5.81. The molecule has 2 aliphatic rings. The van der Waals surface area contributed by atoms with Crippen molar-refractivity contribution in [3.63, 3.8) is 0 Å². The molecule has 2 aliphatic heterocycles. The van der Waals surface area contributed by atoms with Crippen LogP contribution in [0, 0.1) is 0 Å². The molecule has 0 aliphatic carbocycles. The molecule has 0 bridgehead atoms. The highest BCUT2D eigenvalue weighted by Gasteiger charge is 2.34. The summed E-state index contributed by atoms with van der Waals surface area (Å²) in [5, 5.41) is 9.94. The van der Waals surface area contributed by atoms with E-state index in [1.165, 1.54) is 0 Å². The van der Waals surface area contributed by atoms with Gasteiger partial charge in [-0.05, 0) is 34.4 Å². The van der Waals surface area contributed by atoms with Crippen LogP contribution in [0.2, 0.25) is 0 Å². The predicted molar refractivity (Wildman–Crippen MR) is 81.0 cm³/mol. The molecule has 0 spiro atoms. The van der Waals surface area contributed by atoms with Crippen LogP contribution in [-0.2, 0) is 4.74 Å². The fourth-order valence-electron chi connectivity index (χ4n) is 3.38. The van der Waals surface area contributed by atoms with Gasteiger partial charge in [0.1, 0.15) is 0 Å². The van der Waals surface area contributed by atoms with E-state index in [9.17, 15) is 5.11 Å². The first kappa shape index (κ1) is 16.2. The number of hydrogen-bond donors (Lipinski definition) is 1. The molecule has 2 heterocycles. The molecule has 5 nitrogen and oxygen atoms in total. The molecule has 2 fully saturated rings. The zero-order valence-corrected chi connectivity index (χ0v) is 13.5. The fraction of sp³-hybridized carbons (Fsp3) is 1.00. The van der Waals surface area contributed by atoms with Gasteiger partial charge in [0, 0.05) is 44.8 Å². The Morgan fingerprint density at radius 3 is 2.70 bits per heavy atom. The molecule has 118 valence electrons. The van der Waals surface area contributed by atoms with Gasteiger partial charge in [0.2, 0.25) is 0 Å². The number of rotatable bonds is 5. The van der Waals surface area contributed by atoms with Crippen LogP contribution in [-0.4, -0.2) is 97.5 Å². The highest BCUT2D eigenvalue weighted by atomic mass is 16.5. The summed E-state index contributed by atoms with van der Waals surface area (Å²) in [5.74, 6) is 0. The maximum absolute atomic E-state index is 9.94. The van der Waals surface area contributed by atoms with Crippen molar-refractivity contribution in [2.75, 3.05) is 53.4 Å². The minimum atomic E-state index is -0.176. The lowest BCUT2D eigenvalue weighted by atomic mass is 10.1. The Balaban J connectivity index is 1.87. The molecular weight excluding hydrogens is 254 g/mol. The number of likely N-dealkylation sites (tertiary alicyclic amines) is 1. The molecule has 2 saturated heterocycles. The van der Waals surface area contributed by atoms with E-state index in [0.717, 1.165) is 45.8 Å². The molecule has 3 atom stereocenters. The number of likely N-dealkylation sites (N-methyl/N-ethyl adjacent to an activating group) is 1. The molecule has 0 aromatic heterocycles. The molecule has 0 aromatic rings. The zero-order valence-electron chi connectivity index (χ0n) is 13.5. The van der Waals surface area contributed by atoms with Gasteiger partial charge in [-0.1, -0.05) is 0 Å². The van der Waals surface area contributed by atoms with Crippen molar-refractivity contribution < 1.29 is 9.84 Å². The lowest BCUT2D eigenvalue weighted by Gasteiger charge is -2.38. The summed E-state index contributed by atoms with van der Waals surface area (Å²) in [6, 6.07) is 1.04. The first-order valence-electron chi connectivity index (χ1n) is 7.88. The van der Waals surface area contributed by atoms with E-state index in [2.05, 4.69) is 42.6 Å². The van der Waals surface area contributed by atoms with Crippen LogP contribution in [0.25, 0.3) is 0 Å². The first-order chi connectivity index (χ1) is 9.45. The highest BCUT2D eigenvalue weighted by molar-refractivity contribution is 4.89. The topological polar surface area (TPSA) is 39.2 Å². The number of aliphatic hydroxyl groups excluding tert-OH is 1. The van der Waals surface area contributed by atoms with Crippen molar-refractivity contribution in [2.24, 2.45) is 0 Å². The van der Waals surface area contributed by atoms with Crippen LogP contribution in [0.3, 0.4) is 0 Å². The van der Waals surface area contributed by atoms with Crippen LogP contribution in [0.15, 0.2) is 0 Å². The van der Waals surface area contributed by atoms with Gasteiger partial charge in [0.15, 0.2) is 0 Å². The van der Waals surface area contributed by atoms with Gasteiger partial charge >= 0.3 is 0 Å². The lowest BCUT2D eigenvalue weighted by molar-refractivity contribution is -0.0548. The summed E-state index contributed by atoms with van der Waals surface area (Å²) in [7, 11) is 4.20. The van der Waals surface area contributed by atoms with Crippen molar-refractivity contribution in [1.82, 2.24) is 14.7 Å². The van der Waals surface area contributed by atoms with E-state index < -0.39 is 0 Å². The maximum Gasteiger partial charge on any atom is 0.0829 e. The quantitative estimate of drug-likeness (QED) is 0.775. The van der Waals surface area contributed by atoms with Crippen molar-refractivity contribution in [3.05, 3.63) is 0 Å². The number of ether oxygens (including phenoxy) is 1. The highest BCUT2D eigenvalue weighted by Crippen LogP contribution is 2.20. The average molecular weight is 285 g/mol. The van der Waals surface area contributed by atoms with Crippen LogP contribution >= 0.6 is 0 Å². The summed E-state index contributed by atoms with van der Waals surface area (Å²) in [5.41, 5.74) is 0. The van der Waals surface area contributed by atoms with Crippen LogP contribution in [0.5, 0.6) is 0 Å². The summed E-state index contributed by atoms with van der Waals surface area (Å²) < 4.78 is 5.93. The van der Waals surface area contributed by atoms with Gasteiger partial charge in [0.25, 0.3) is 0 Å². The first-order valence-corrected chi connectivity index (χ1v) is 7.88. The average Bonchev–Trinajstić information content (AvgIpc) is 2.68. The third-order valence-electron chi connectivity index (χ3n) is 4.42. The molecule has 0 radical (unpaired) electrons. The van der Waals surface area contributed by atoms with Gasteiger partial charge in [-0.25, -0.2) is 0 Å². The minimum Gasteiger partial charge on any atom is -0.392 e. The van der Waals surface area contributed by atoms with E-state index in [4.69, 9.17) is 4.74 Å². The van der Waals surface area contributed by atoms with Crippen molar-refractivity contribution in [1.29, 1.82) is 0 Å². The second-order valence-electron chi connectivity index (χ2n) is 6.84. The molecule has 3 unspecified atom stereocenters. The third kappa shape index (κ3) is 4.40. The van der Waals surface area contributed by atoms with Crippen molar-refractivity contribution >= 4 is 0 Å². The minimum absolute atomic E-state index is 0.176. The number of β-amino-alcohol motifs (C(OH)–C–C–N with tert-alkyl or cyclic N) is 1. The maximum atomic E-state index is 9.94. The van der Waals surface area contributed by atoms with E-state index in [0.29, 0.717) is 12.1 Å². The van der Waals surface area contributed by atoms with Crippen LogP contribution in [0.1, 0.15) is 20.3 Å². The molecule has 1 N–H and O–H groups in total. The van der Waals surface area contributed by atoms with E-state index >= 15 is 0 Å². The molecule has 0 amide bonds. The summed E-state index contributed by atoms with van der Waals surface area (Å²) in [6.07, 6.45) is 0.990. The number of morpholine rings is 1. The van der Waals surface area contributed by atoms with Crippen LogP contribution < -0.4 is 0 Å². The standard InChI is InChI=1S/C15H31N3O2/c1-12(2)17-5-6-20-15(10-17)11-18-9-14(19)7-13(18)8-16(3)4/h12-15,19H,5-11H2,1-4H3. The second-order valence-corrected chi connectivity index (χ2v) is 6.84. The Hall–Kier alpha value is -0.200. The molecule has 20 heavy (non-hydrogen) atoms. The second kappa shape index (κ2) is 7.18. The Bertz CT molecular complexity index is 299. The zero-order chi connectivity index (χ0) is 14.7. The fourth-order valence-corrected chi connectivity index (χ4v) is 3.38. The molecule has 5 heteroatoms. The molecule has 0 saturated carbocycles. The van der Waals surface area contributed by atoms with E-state index in [1.54, 1.807) is 0 Å². The number of nitrogens with zero attached hydrogens (tertiary/aromatic N) is 3. The van der Waals surface area contributed by atoms with Gasteiger partial charge in [-0.15, -0.1) is 0 Å². The van der Waals surface area contributed by atoms with Crippen molar-refractivity contribution in [3.8, 4) is 0 Å². The third-order valence-corrected chi connectivity index (χ3v) is 4.42. The molecular formula is C15H31N3O2. The largest absolute Gasteiger partial charge is 0.392 e. The Morgan fingerprint density at radius 1 is 1.30 bits per heavy atom. The van der Waals surface area contributed by atoms with Crippen molar-refractivity contribution in [2.45, 2.75) is 44.6 Å². The number of aliphatic hydroxyl groups is 1. The summed E-state index contributed by atoms with van der Waals surface area (Å²) >= 11 is 0. The van der Waals surface area contributed by atoms with Gasteiger partial charge in [-0.3, -0.25) is 9.80 Å². The van der Waals surface area contributed by atoms with Crippen LogP contribution in [0.4, 0.5) is 0 Å². The van der Waals surface area contributed by atoms with Gasteiger partial charge < -0.3 is 14.7 Å². The number of hydrogen-bond acceptors (Lipinski definition) is 5. The summed E-state index contributed by atoms with van der Waals surface area (Å²) in [6.45, 7) is 10.1. The normalized spacial score (nSPS) is 33.5. The SMILES string of the molecule is CC(C)N1CCOC(CN2CC(O)CC2CN(C)C)C1. The molecule has 0 aromatic carbocycles. The smallest absolute Gasteiger partial charge is 0.0829 e. The monoisotopic (exact) mass is 285 g/mol.